The minimum atomic E-state index is -4.99. The van der Waals surface area contributed by atoms with Crippen LogP contribution in [0.3, 0.4) is 0 Å². The SMILES string of the molecule is CC(C)(C)C(NC(=O)C(F)(F)F)C(=O)N1CC2C(C1)C2(C)C.O=CO. The second-order valence-electron chi connectivity index (χ2n) is 8.15. The van der Waals surface area contributed by atoms with Crippen molar-refractivity contribution in [2.24, 2.45) is 22.7 Å². The molecule has 2 aliphatic rings. The Kier molecular flexibility index (Phi) is 5.81. The number of nitrogens with one attached hydrogen (secondary N) is 1. The van der Waals surface area contributed by atoms with Gasteiger partial charge in [-0.25, -0.2) is 0 Å². The van der Waals surface area contributed by atoms with Gasteiger partial charge in [-0.1, -0.05) is 34.6 Å². The van der Waals surface area contributed by atoms with E-state index in [2.05, 4.69) is 13.8 Å². The van der Waals surface area contributed by atoms with Gasteiger partial charge in [0.25, 0.3) is 6.47 Å². The molecule has 2 N–H and O–H groups in total. The van der Waals surface area contributed by atoms with E-state index in [9.17, 15) is 22.8 Å². The highest BCUT2D eigenvalue weighted by Gasteiger charge is 2.63. The fourth-order valence-electron chi connectivity index (χ4n) is 3.36. The molecule has 2 amide bonds. The summed E-state index contributed by atoms with van der Waals surface area (Å²) in [5.41, 5.74) is -0.580. The molecular formula is C16H25F3N2O4. The van der Waals surface area contributed by atoms with Gasteiger partial charge >= 0.3 is 12.1 Å². The number of carbonyl (C=O) groups is 3. The van der Waals surface area contributed by atoms with Gasteiger partial charge in [0.1, 0.15) is 6.04 Å². The lowest BCUT2D eigenvalue weighted by molar-refractivity contribution is -0.176. The lowest BCUT2D eigenvalue weighted by atomic mass is 9.85. The number of hydrogen-bond acceptors (Lipinski definition) is 3. The van der Waals surface area contributed by atoms with Gasteiger partial charge in [0.2, 0.25) is 5.91 Å². The van der Waals surface area contributed by atoms with Crippen LogP contribution in [0.25, 0.3) is 0 Å². The third kappa shape index (κ3) is 4.64. The summed E-state index contributed by atoms with van der Waals surface area (Å²) in [5, 5.41) is 8.76. The first-order valence-electron chi connectivity index (χ1n) is 7.92. The maximum atomic E-state index is 12.6. The van der Waals surface area contributed by atoms with Crippen molar-refractivity contribution in [2.45, 2.75) is 46.8 Å². The fraction of sp³-hybridized carbons (Fsp3) is 0.812. The van der Waals surface area contributed by atoms with E-state index in [-0.39, 0.29) is 11.9 Å². The molecule has 25 heavy (non-hydrogen) atoms. The highest BCUT2D eigenvalue weighted by Crippen LogP contribution is 2.62. The Morgan fingerprint density at radius 3 is 1.92 bits per heavy atom. The average Bonchev–Trinajstić information content (AvgIpc) is 2.81. The Morgan fingerprint density at radius 1 is 1.20 bits per heavy atom. The molecule has 3 atom stereocenters. The van der Waals surface area contributed by atoms with Crippen LogP contribution in [-0.4, -0.2) is 53.6 Å². The molecule has 0 bridgehead atoms. The highest BCUT2D eigenvalue weighted by molar-refractivity contribution is 5.90. The molecule has 2 rings (SSSR count). The van der Waals surface area contributed by atoms with Gasteiger partial charge in [0.15, 0.2) is 0 Å². The maximum absolute atomic E-state index is 12.6. The summed E-state index contributed by atoms with van der Waals surface area (Å²) < 4.78 is 37.4. The zero-order valence-corrected chi connectivity index (χ0v) is 15.0. The number of rotatable bonds is 2. The van der Waals surface area contributed by atoms with E-state index in [1.54, 1.807) is 25.7 Å². The largest absolute Gasteiger partial charge is 0.483 e. The van der Waals surface area contributed by atoms with Crippen LogP contribution in [0.2, 0.25) is 0 Å². The Bertz CT molecular complexity index is 526. The van der Waals surface area contributed by atoms with E-state index in [0.717, 1.165) is 0 Å². The zero-order valence-electron chi connectivity index (χ0n) is 15.0. The van der Waals surface area contributed by atoms with Gasteiger partial charge < -0.3 is 15.3 Å². The van der Waals surface area contributed by atoms with Gasteiger partial charge in [-0.3, -0.25) is 14.4 Å². The second-order valence-corrected chi connectivity index (χ2v) is 8.15. The maximum Gasteiger partial charge on any atom is 0.471 e. The van der Waals surface area contributed by atoms with Crippen molar-refractivity contribution in [2.75, 3.05) is 13.1 Å². The van der Waals surface area contributed by atoms with Crippen LogP contribution in [0, 0.1) is 22.7 Å². The van der Waals surface area contributed by atoms with Gasteiger partial charge in [0.05, 0.1) is 0 Å². The quantitative estimate of drug-likeness (QED) is 0.731. The average molecular weight is 366 g/mol. The van der Waals surface area contributed by atoms with E-state index < -0.39 is 29.4 Å². The van der Waals surface area contributed by atoms with Crippen molar-refractivity contribution in [3.8, 4) is 0 Å². The molecule has 6 nitrogen and oxygen atoms in total. The molecule has 9 heteroatoms. The van der Waals surface area contributed by atoms with Crippen LogP contribution in [0.1, 0.15) is 34.6 Å². The molecule has 1 aliphatic heterocycles. The second kappa shape index (κ2) is 6.84. The number of alkyl halides is 3. The molecule has 3 unspecified atom stereocenters. The number of piperidine rings is 1. The monoisotopic (exact) mass is 366 g/mol. The minimum absolute atomic E-state index is 0.212. The lowest BCUT2D eigenvalue weighted by Crippen LogP contribution is -2.57. The van der Waals surface area contributed by atoms with Crippen molar-refractivity contribution in [3.05, 3.63) is 0 Å². The van der Waals surface area contributed by atoms with E-state index in [1.165, 1.54) is 0 Å². The zero-order chi connectivity index (χ0) is 19.8. The van der Waals surface area contributed by atoms with E-state index >= 15 is 0 Å². The van der Waals surface area contributed by atoms with Crippen LogP contribution in [0.5, 0.6) is 0 Å². The van der Waals surface area contributed by atoms with Gasteiger partial charge in [0, 0.05) is 13.1 Å². The number of nitrogens with zero attached hydrogens (tertiary/aromatic N) is 1. The molecule has 1 saturated heterocycles. The number of likely N-dealkylation sites (tertiary alicyclic amines) is 1. The third-order valence-electron chi connectivity index (χ3n) is 5.08. The molecule has 2 fully saturated rings. The summed E-state index contributed by atoms with van der Waals surface area (Å²) in [6.45, 7) is 10.1. The molecule has 1 saturated carbocycles. The van der Waals surface area contributed by atoms with Gasteiger partial charge in [-0.15, -0.1) is 0 Å². The Balaban J connectivity index is 0.000000970. The number of carbonyl (C=O) groups excluding carboxylic acids is 2. The molecule has 1 aliphatic carbocycles. The number of fused-ring (bicyclic) bond motifs is 1. The first kappa shape index (κ1) is 21.2. The minimum Gasteiger partial charge on any atom is -0.483 e. The normalized spacial score (nSPS) is 25.2. The van der Waals surface area contributed by atoms with Crippen LogP contribution < -0.4 is 5.32 Å². The molecule has 0 aromatic rings. The summed E-state index contributed by atoms with van der Waals surface area (Å²) in [7, 11) is 0. The van der Waals surface area contributed by atoms with Crippen LogP contribution >= 0.6 is 0 Å². The first-order chi connectivity index (χ1) is 11.2. The highest BCUT2D eigenvalue weighted by atomic mass is 19.4. The van der Waals surface area contributed by atoms with Crippen molar-refractivity contribution >= 4 is 18.3 Å². The molecule has 0 radical (unpaired) electrons. The predicted octanol–water partition coefficient (Wildman–Crippen LogP) is 1.89. The molecular weight excluding hydrogens is 341 g/mol. The molecule has 1 heterocycles. The predicted molar refractivity (Wildman–Crippen MR) is 83.5 cm³/mol. The number of carboxylic acid groups (broad SMARTS) is 1. The van der Waals surface area contributed by atoms with E-state index in [1.807, 2.05) is 5.32 Å². The van der Waals surface area contributed by atoms with Crippen LogP contribution in [-0.2, 0) is 14.4 Å². The Morgan fingerprint density at radius 2 is 1.60 bits per heavy atom. The standard InChI is InChI=1S/C15H23F3N2O2.CH2O2/c1-13(2,3)10(19-12(22)15(16,17)18)11(21)20-6-8-9(7-20)14(8,4)5;2-1-3/h8-10H,6-7H2,1-5H3,(H,19,22);1H,(H,2,3). The molecule has 0 spiro atoms. The summed E-state index contributed by atoms with van der Waals surface area (Å²) in [6.07, 6.45) is -4.99. The van der Waals surface area contributed by atoms with Crippen molar-refractivity contribution < 1.29 is 32.7 Å². The Hall–Kier alpha value is -1.80. The smallest absolute Gasteiger partial charge is 0.471 e. The molecule has 144 valence electrons. The number of hydrogen-bond donors (Lipinski definition) is 2. The van der Waals surface area contributed by atoms with Crippen molar-refractivity contribution in [3.63, 3.8) is 0 Å². The summed E-state index contributed by atoms with van der Waals surface area (Å²) in [5.74, 6) is -1.66. The third-order valence-corrected chi connectivity index (χ3v) is 5.08. The molecule has 0 aromatic carbocycles. The topological polar surface area (TPSA) is 86.7 Å². The van der Waals surface area contributed by atoms with E-state index in [0.29, 0.717) is 24.9 Å². The van der Waals surface area contributed by atoms with Gasteiger partial charge in [-0.2, -0.15) is 13.2 Å². The Labute approximate surface area is 144 Å². The van der Waals surface area contributed by atoms with Crippen LogP contribution in [0.4, 0.5) is 13.2 Å². The van der Waals surface area contributed by atoms with Gasteiger partial charge in [-0.05, 0) is 22.7 Å². The summed E-state index contributed by atoms with van der Waals surface area (Å²) >= 11 is 0. The van der Waals surface area contributed by atoms with Crippen LogP contribution in [0.15, 0.2) is 0 Å². The summed E-state index contributed by atoms with van der Waals surface area (Å²) in [4.78, 5) is 33.7. The summed E-state index contributed by atoms with van der Waals surface area (Å²) in [6, 6.07) is -1.18. The van der Waals surface area contributed by atoms with Crippen molar-refractivity contribution in [1.82, 2.24) is 10.2 Å². The fourth-order valence-corrected chi connectivity index (χ4v) is 3.36. The lowest BCUT2D eigenvalue weighted by Gasteiger charge is -2.34. The number of halogens is 3. The first-order valence-corrected chi connectivity index (χ1v) is 7.92. The van der Waals surface area contributed by atoms with E-state index in [4.69, 9.17) is 9.90 Å². The molecule has 0 aromatic heterocycles. The number of amides is 2. The van der Waals surface area contributed by atoms with Crippen molar-refractivity contribution in [1.29, 1.82) is 0 Å².